The molecule has 2 aromatic carbocycles. The monoisotopic (exact) mass is 664 g/mol. The minimum atomic E-state index is -0.589. The molecular weight excluding hydrogens is 609 g/mol. The Bertz CT molecular complexity index is 1520. The molecule has 8 nitrogen and oxygen atoms in total. The van der Waals surface area contributed by atoms with Gasteiger partial charge in [-0.2, -0.15) is 0 Å². The molecule has 0 spiro atoms. The average molecular weight is 665 g/mol. The van der Waals surface area contributed by atoms with E-state index >= 15 is 0 Å². The van der Waals surface area contributed by atoms with Crippen LogP contribution in [0, 0.1) is 0 Å². The molecule has 1 aromatic heterocycles. The van der Waals surface area contributed by atoms with Crippen molar-refractivity contribution in [3.05, 3.63) is 58.7 Å². The number of ether oxygens (including phenoxy) is 2. The van der Waals surface area contributed by atoms with Crippen LogP contribution in [0.15, 0.2) is 42.0 Å². The van der Waals surface area contributed by atoms with E-state index < -0.39 is 5.60 Å². The summed E-state index contributed by atoms with van der Waals surface area (Å²) in [5.74, 6) is 0.785. The number of nitrogens with zero attached hydrogens (tertiary/aromatic N) is 1. The van der Waals surface area contributed by atoms with Crippen molar-refractivity contribution in [2.24, 2.45) is 5.14 Å². The first-order valence-corrected chi connectivity index (χ1v) is 17.7. The summed E-state index contributed by atoms with van der Waals surface area (Å²) in [6.45, 7) is 11.7. The van der Waals surface area contributed by atoms with Crippen LogP contribution < -0.4 is 20.5 Å². The van der Waals surface area contributed by atoms with E-state index in [1.54, 1.807) is 7.11 Å². The molecule has 0 bridgehead atoms. The number of benzene rings is 2. The Labute approximate surface area is 287 Å². The third-order valence-electron chi connectivity index (χ3n) is 8.60. The fourth-order valence-electron chi connectivity index (χ4n) is 6.56. The van der Waals surface area contributed by atoms with Crippen LogP contribution in [0.25, 0.3) is 28.2 Å². The molecule has 5 rings (SSSR count). The van der Waals surface area contributed by atoms with Gasteiger partial charge in [-0.3, -0.25) is 9.93 Å². The van der Waals surface area contributed by atoms with Crippen LogP contribution >= 0.6 is 12.8 Å². The number of hydrogen-bond acceptors (Lipinski definition) is 7. The lowest BCUT2D eigenvalue weighted by molar-refractivity contribution is -0.117. The highest BCUT2D eigenvalue weighted by Gasteiger charge is 2.31. The number of carbonyl (C=O) groups is 2. The fraction of sp³-hybridized carbons (Fsp3) is 0.526. The van der Waals surface area contributed by atoms with Crippen molar-refractivity contribution in [2.45, 2.75) is 104 Å². The van der Waals surface area contributed by atoms with Crippen molar-refractivity contribution in [3.63, 3.8) is 0 Å². The van der Waals surface area contributed by atoms with Crippen LogP contribution in [0.1, 0.15) is 113 Å². The van der Waals surface area contributed by atoms with Gasteiger partial charge in [0.15, 0.2) is 0 Å². The second-order valence-corrected chi connectivity index (χ2v) is 13.0. The summed E-state index contributed by atoms with van der Waals surface area (Å²) in [5.41, 5.74) is 6.13. The maximum Gasteiger partial charge on any atom is 0.338 e. The molecule has 9 heteroatoms. The number of hydrogen-bond donors (Lipinski definition) is 4. The molecule has 1 aliphatic heterocycles. The molecule has 1 aliphatic carbocycles. The van der Waals surface area contributed by atoms with Crippen molar-refractivity contribution < 1.29 is 19.1 Å². The Hall–Kier alpha value is -3.27. The van der Waals surface area contributed by atoms with Gasteiger partial charge in [-0.15, -0.1) is 12.8 Å². The lowest BCUT2D eigenvalue weighted by Crippen LogP contribution is -2.27. The Balaban J connectivity index is 0.00000144. The summed E-state index contributed by atoms with van der Waals surface area (Å²) in [6.07, 6.45) is 11.1. The summed E-state index contributed by atoms with van der Waals surface area (Å²) >= 11 is 3.03. The van der Waals surface area contributed by atoms with Crippen LogP contribution in [0.2, 0.25) is 0 Å². The summed E-state index contributed by atoms with van der Waals surface area (Å²) in [5, 5.41) is 11.7. The Kier molecular flexibility index (Phi) is 14.9. The zero-order chi connectivity index (χ0) is 34.6. The second kappa shape index (κ2) is 18.3. The number of fused-ring (bicyclic) bond motifs is 5. The number of aromatic nitrogens is 1. The third kappa shape index (κ3) is 9.64. The normalized spacial score (nSPS) is 14.3. The van der Waals surface area contributed by atoms with Gasteiger partial charge in [-0.1, -0.05) is 45.6 Å². The molecule has 0 radical (unpaired) electrons. The largest absolute Gasteiger partial charge is 0.497 e. The smallest absolute Gasteiger partial charge is 0.338 e. The Morgan fingerprint density at radius 1 is 0.979 bits per heavy atom. The van der Waals surface area contributed by atoms with Gasteiger partial charge < -0.3 is 24.7 Å². The molecule has 0 unspecified atom stereocenters. The van der Waals surface area contributed by atoms with Crippen LogP contribution in [0.4, 0.5) is 0 Å². The molecule has 0 atom stereocenters. The molecule has 3 aromatic rings. The van der Waals surface area contributed by atoms with E-state index in [9.17, 15) is 9.59 Å². The average Bonchev–Trinajstić information content (AvgIpc) is 3.29. The highest BCUT2D eigenvalue weighted by atomic mass is 32.1. The standard InChI is InChI=1S/C36H47N3O4.C2H6.H3NS/c1-36(2,3)43-35(41)25-14-16-30-31(22-25)39-23-27(34(40)38-19-11-7-10-18-37-4)20-26-21-28(42-5)15-17-29(26)33(39)32(30)24-12-8-6-9-13-24;2*1-2/h14-17,20-22,24,37H,6-13,18-19,23H2,1-5H3,(H,38,40);1-2H3;2H,1H2. The molecule has 2 aliphatic rings. The molecule has 258 valence electrons. The first-order valence-electron chi connectivity index (χ1n) is 17.2. The zero-order valence-electron chi connectivity index (χ0n) is 29.5. The first-order chi connectivity index (χ1) is 22.7. The number of carbonyl (C=O) groups excluding carboxylic acids is 2. The minimum Gasteiger partial charge on any atom is -0.497 e. The number of thiol groups is 1. The number of nitrogens with one attached hydrogen (secondary N) is 2. The molecule has 1 saturated carbocycles. The number of methoxy groups -OCH3 is 1. The van der Waals surface area contributed by atoms with E-state index in [1.807, 2.05) is 72.0 Å². The first kappa shape index (κ1) is 38.2. The Morgan fingerprint density at radius 2 is 1.68 bits per heavy atom. The lowest BCUT2D eigenvalue weighted by atomic mass is 9.81. The molecule has 2 heterocycles. The van der Waals surface area contributed by atoms with Gasteiger partial charge in [0, 0.05) is 28.6 Å². The summed E-state index contributed by atoms with van der Waals surface area (Å²) < 4.78 is 13.6. The van der Waals surface area contributed by atoms with Gasteiger partial charge in [0.2, 0.25) is 5.91 Å². The van der Waals surface area contributed by atoms with Crippen molar-refractivity contribution >= 4 is 41.7 Å². The van der Waals surface area contributed by atoms with E-state index in [0.717, 1.165) is 72.1 Å². The van der Waals surface area contributed by atoms with Gasteiger partial charge in [-0.05, 0) is 113 Å². The second-order valence-electron chi connectivity index (χ2n) is 13.0. The summed E-state index contributed by atoms with van der Waals surface area (Å²) in [7, 11) is 3.63. The van der Waals surface area contributed by atoms with E-state index in [4.69, 9.17) is 9.47 Å². The summed E-state index contributed by atoms with van der Waals surface area (Å²) in [4.78, 5) is 26.9. The quantitative estimate of drug-likeness (QED) is 0.0993. The van der Waals surface area contributed by atoms with Crippen LogP contribution in [-0.2, 0) is 16.1 Å². The molecule has 1 amide bonds. The van der Waals surface area contributed by atoms with E-state index in [-0.39, 0.29) is 11.9 Å². The fourth-order valence-corrected chi connectivity index (χ4v) is 6.56. The maximum atomic E-state index is 13.7. The lowest BCUT2D eigenvalue weighted by Gasteiger charge is -2.24. The molecule has 47 heavy (non-hydrogen) atoms. The van der Waals surface area contributed by atoms with Crippen molar-refractivity contribution in [1.29, 1.82) is 0 Å². The molecular formula is C38H56N4O4S. The van der Waals surface area contributed by atoms with Crippen LogP contribution in [0.3, 0.4) is 0 Å². The number of amides is 1. The number of rotatable bonds is 10. The van der Waals surface area contributed by atoms with Gasteiger partial charge in [0.1, 0.15) is 11.4 Å². The van der Waals surface area contributed by atoms with Crippen molar-refractivity contribution in [3.8, 4) is 17.0 Å². The van der Waals surface area contributed by atoms with Gasteiger partial charge in [0.25, 0.3) is 0 Å². The van der Waals surface area contributed by atoms with E-state index in [1.165, 1.54) is 24.8 Å². The third-order valence-corrected chi connectivity index (χ3v) is 8.60. The van der Waals surface area contributed by atoms with Crippen LogP contribution in [0.5, 0.6) is 5.75 Å². The molecule has 1 fully saturated rings. The molecule has 0 saturated heterocycles. The van der Waals surface area contributed by atoms with Gasteiger partial charge in [-0.25, -0.2) is 4.79 Å². The highest BCUT2D eigenvalue weighted by Crippen LogP contribution is 2.47. The minimum absolute atomic E-state index is 0.0559. The van der Waals surface area contributed by atoms with E-state index in [2.05, 4.69) is 45.3 Å². The SMILES string of the molecule is CC.CNCCCCCNC(=O)C1=Cc2cc(OC)ccc2-c2c(C3CCCCC3)c3ccc(C(=O)OC(C)(C)C)cc3n2C1.NS. The van der Waals surface area contributed by atoms with Crippen molar-refractivity contribution in [1.82, 2.24) is 15.2 Å². The van der Waals surface area contributed by atoms with Gasteiger partial charge in [0.05, 0.1) is 24.9 Å². The zero-order valence-corrected chi connectivity index (χ0v) is 30.4. The predicted octanol–water partition coefficient (Wildman–Crippen LogP) is 8.04. The van der Waals surface area contributed by atoms with Crippen LogP contribution in [-0.4, -0.2) is 49.3 Å². The highest BCUT2D eigenvalue weighted by molar-refractivity contribution is 7.77. The van der Waals surface area contributed by atoms with Crippen molar-refractivity contribution in [2.75, 3.05) is 27.2 Å². The number of unbranched alkanes of at least 4 members (excludes halogenated alkanes) is 2. The summed E-state index contributed by atoms with van der Waals surface area (Å²) in [6, 6.07) is 12.1. The maximum absolute atomic E-state index is 13.7. The molecule has 4 N–H and O–H groups in total. The van der Waals surface area contributed by atoms with Gasteiger partial charge >= 0.3 is 5.97 Å². The number of esters is 1. The number of nitrogens with two attached hydrogens (primary N) is 1. The van der Waals surface area contributed by atoms with E-state index in [0.29, 0.717) is 30.1 Å². The Morgan fingerprint density at radius 3 is 2.34 bits per heavy atom. The topological polar surface area (TPSA) is 108 Å². The predicted molar refractivity (Wildman–Crippen MR) is 198 cm³/mol.